The minimum atomic E-state index is -0.0950. The Bertz CT molecular complexity index is 530. The second kappa shape index (κ2) is 3.10. The lowest BCUT2D eigenvalue weighted by Crippen LogP contribution is -2.08. The van der Waals surface area contributed by atoms with E-state index in [2.05, 4.69) is 21.1 Å². The molecule has 1 aliphatic rings. The first-order valence-electron chi connectivity index (χ1n) is 4.85. The largest absolute Gasteiger partial charge is 0.329 e. The Kier molecular flexibility index (Phi) is 1.76. The van der Waals surface area contributed by atoms with Gasteiger partial charge in [-0.15, -0.1) is 0 Å². The van der Waals surface area contributed by atoms with Crippen molar-refractivity contribution in [2.75, 3.05) is 0 Å². The molecule has 0 aliphatic carbocycles. The van der Waals surface area contributed by atoms with Crippen LogP contribution in [-0.4, -0.2) is 9.55 Å². The van der Waals surface area contributed by atoms with Crippen molar-refractivity contribution in [3.63, 3.8) is 0 Å². The number of imidazole rings is 1. The fraction of sp³-hybridized carbons (Fsp3) is 0.182. The van der Waals surface area contributed by atoms with E-state index in [0.717, 1.165) is 16.9 Å². The number of hydrogen-bond acceptors (Lipinski definition) is 3. The highest BCUT2D eigenvalue weighted by molar-refractivity contribution is 5.75. The van der Waals surface area contributed by atoms with Crippen LogP contribution >= 0.6 is 0 Å². The van der Waals surface area contributed by atoms with Gasteiger partial charge in [-0.1, -0.05) is 12.1 Å². The number of nitrogens with one attached hydrogen (secondary N) is 1. The topological polar surface area (TPSA) is 39.1 Å². The maximum Gasteiger partial charge on any atom is 0.163 e. The summed E-state index contributed by atoms with van der Waals surface area (Å²) in [4.78, 5) is 9.85. The average molecular weight is 201 g/mol. The van der Waals surface area contributed by atoms with E-state index in [1.165, 1.54) is 0 Å². The Hall–Kier alpha value is -1.81. The van der Waals surface area contributed by atoms with E-state index >= 15 is 0 Å². The zero-order valence-corrected chi connectivity index (χ0v) is 8.34. The van der Waals surface area contributed by atoms with Gasteiger partial charge in [-0.25, -0.2) is 4.98 Å². The minimum Gasteiger partial charge on any atom is -0.329 e. The number of fused-ring (bicyclic) bond motifs is 1. The van der Waals surface area contributed by atoms with Crippen molar-refractivity contribution < 1.29 is 4.84 Å². The maximum absolute atomic E-state index is 5.30. The lowest BCUT2D eigenvalue weighted by molar-refractivity contribution is 0.0408. The standard InChI is InChI=1S/C11H11N3O/c1-14-9-5-3-2-4-8(9)13-11(14)10-6-7-12-15-10/h2-7,10,12H,1H3. The van der Waals surface area contributed by atoms with E-state index < -0.39 is 0 Å². The van der Waals surface area contributed by atoms with Crippen molar-refractivity contribution in [3.05, 3.63) is 42.4 Å². The molecule has 1 atom stereocenters. The quantitative estimate of drug-likeness (QED) is 0.762. The molecule has 0 spiro atoms. The van der Waals surface area contributed by atoms with Gasteiger partial charge in [-0.05, 0) is 18.2 Å². The van der Waals surface area contributed by atoms with Crippen LogP contribution in [0.3, 0.4) is 0 Å². The molecule has 0 bridgehead atoms. The van der Waals surface area contributed by atoms with Crippen LogP contribution in [0.4, 0.5) is 0 Å². The summed E-state index contributed by atoms with van der Waals surface area (Å²) in [6.45, 7) is 0. The van der Waals surface area contributed by atoms with Crippen molar-refractivity contribution in [2.45, 2.75) is 6.10 Å². The first kappa shape index (κ1) is 8.49. The number of hydroxylamine groups is 1. The second-order valence-corrected chi connectivity index (χ2v) is 3.53. The van der Waals surface area contributed by atoms with E-state index in [0.29, 0.717) is 0 Å². The predicted molar refractivity (Wildman–Crippen MR) is 56.8 cm³/mol. The number of nitrogens with zero attached hydrogens (tertiary/aromatic N) is 2. The van der Waals surface area contributed by atoms with E-state index in [4.69, 9.17) is 4.84 Å². The van der Waals surface area contributed by atoms with Crippen LogP contribution in [-0.2, 0) is 11.9 Å². The highest BCUT2D eigenvalue weighted by Crippen LogP contribution is 2.23. The third kappa shape index (κ3) is 1.22. The van der Waals surface area contributed by atoms with E-state index in [1.54, 1.807) is 6.20 Å². The van der Waals surface area contributed by atoms with Crippen LogP contribution in [0.2, 0.25) is 0 Å². The zero-order valence-electron chi connectivity index (χ0n) is 8.34. The summed E-state index contributed by atoms with van der Waals surface area (Å²) in [5, 5.41) is 0. The van der Waals surface area contributed by atoms with E-state index in [1.807, 2.05) is 31.3 Å². The monoisotopic (exact) mass is 201 g/mol. The first-order chi connectivity index (χ1) is 7.36. The molecule has 0 fully saturated rings. The minimum absolute atomic E-state index is 0.0950. The smallest absolute Gasteiger partial charge is 0.163 e. The maximum atomic E-state index is 5.30. The molecule has 4 heteroatoms. The number of aryl methyl sites for hydroxylation is 1. The van der Waals surface area contributed by atoms with Crippen molar-refractivity contribution in [2.24, 2.45) is 7.05 Å². The van der Waals surface area contributed by atoms with E-state index in [-0.39, 0.29) is 6.10 Å². The van der Waals surface area contributed by atoms with Crippen LogP contribution in [0.1, 0.15) is 11.9 Å². The Morgan fingerprint density at radius 2 is 2.27 bits per heavy atom. The van der Waals surface area contributed by atoms with Gasteiger partial charge in [0, 0.05) is 13.2 Å². The van der Waals surface area contributed by atoms with Gasteiger partial charge >= 0.3 is 0 Å². The molecule has 0 saturated heterocycles. The molecule has 1 N–H and O–H groups in total. The Labute approximate surface area is 87.1 Å². The first-order valence-corrected chi connectivity index (χ1v) is 4.85. The third-order valence-electron chi connectivity index (χ3n) is 2.61. The number of aromatic nitrogens is 2. The summed E-state index contributed by atoms with van der Waals surface area (Å²) in [5.74, 6) is 0.914. The predicted octanol–water partition coefficient (Wildman–Crippen LogP) is 1.66. The normalized spacial score (nSPS) is 19.7. The van der Waals surface area contributed by atoms with Gasteiger partial charge < -0.3 is 4.57 Å². The van der Waals surface area contributed by atoms with Crippen LogP contribution in [0, 0.1) is 0 Å². The molecule has 4 nitrogen and oxygen atoms in total. The molecule has 0 amide bonds. The molecule has 1 aromatic carbocycles. The molecule has 1 aliphatic heterocycles. The van der Waals surface area contributed by atoms with Crippen LogP contribution in [0.25, 0.3) is 11.0 Å². The number of benzene rings is 1. The summed E-state index contributed by atoms with van der Waals surface area (Å²) < 4.78 is 2.05. The molecular formula is C11H11N3O. The van der Waals surface area contributed by atoms with Crippen molar-refractivity contribution >= 4 is 11.0 Å². The fourth-order valence-corrected chi connectivity index (χ4v) is 1.84. The summed E-state index contributed by atoms with van der Waals surface area (Å²) in [5.41, 5.74) is 4.83. The lowest BCUT2D eigenvalue weighted by Gasteiger charge is -2.06. The van der Waals surface area contributed by atoms with Crippen molar-refractivity contribution in [1.29, 1.82) is 0 Å². The van der Waals surface area contributed by atoms with Gasteiger partial charge in [-0.2, -0.15) is 0 Å². The number of para-hydroxylation sites is 2. The van der Waals surface area contributed by atoms with Gasteiger partial charge in [-0.3, -0.25) is 10.3 Å². The van der Waals surface area contributed by atoms with Crippen LogP contribution in [0.15, 0.2) is 36.5 Å². The summed E-state index contributed by atoms with van der Waals surface area (Å²) >= 11 is 0. The average Bonchev–Trinajstić information content (AvgIpc) is 2.87. The number of hydrogen-bond donors (Lipinski definition) is 1. The highest BCUT2D eigenvalue weighted by atomic mass is 16.7. The summed E-state index contributed by atoms with van der Waals surface area (Å²) in [7, 11) is 2.00. The molecule has 3 rings (SSSR count). The van der Waals surface area contributed by atoms with Crippen molar-refractivity contribution in [3.8, 4) is 0 Å². The molecule has 0 radical (unpaired) electrons. The molecule has 2 heterocycles. The summed E-state index contributed by atoms with van der Waals surface area (Å²) in [6, 6.07) is 8.06. The van der Waals surface area contributed by atoms with Gasteiger partial charge in [0.2, 0.25) is 0 Å². The van der Waals surface area contributed by atoms with Crippen LogP contribution in [0.5, 0.6) is 0 Å². The fourth-order valence-electron chi connectivity index (χ4n) is 1.84. The van der Waals surface area contributed by atoms with E-state index in [9.17, 15) is 0 Å². The highest BCUT2D eigenvalue weighted by Gasteiger charge is 2.19. The zero-order chi connectivity index (χ0) is 10.3. The van der Waals surface area contributed by atoms with Gasteiger partial charge in [0.25, 0.3) is 0 Å². The number of rotatable bonds is 1. The molecule has 1 unspecified atom stereocenters. The molecule has 1 aromatic heterocycles. The van der Waals surface area contributed by atoms with Crippen molar-refractivity contribution in [1.82, 2.24) is 15.0 Å². The molecular weight excluding hydrogens is 190 g/mol. The third-order valence-corrected chi connectivity index (χ3v) is 2.61. The summed E-state index contributed by atoms with van der Waals surface area (Å²) in [6.07, 6.45) is 3.63. The molecule has 2 aromatic rings. The second-order valence-electron chi connectivity index (χ2n) is 3.53. The Balaban J connectivity index is 2.18. The Morgan fingerprint density at radius 3 is 3.00 bits per heavy atom. The SMILES string of the molecule is Cn1c(C2C=CNO2)nc2ccccc21. The molecule has 0 saturated carbocycles. The lowest BCUT2D eigenvalue weighted by atomic mass is 10.3. The Morgan fingerprint density at radius 1 is 1.40 bits per heavy atom. The van der Waals surface area contributed by atoms with Gasteiger partial charge in [0.15, 0.2) is 6.10 Å². The molecule has 76 valence electrons. The molecule has 15 heavy (non-hydrogen) atoms. The van der Waals surface area contributed by atoms with Crippen LogP contribution < -0.4 is 5.48 Å². The van der Waals surface area contributed by atoms with Gasteiger partial charge in [0.05, 0.1) is 11.0 Å². The van der Waals surface area contributed by atoms with Gasteiger partial charge in [0.1, 0.15) is 5.82 Å².